The molecule has 1 fully saturated rings. The molecular weight excluding hydrogens is 460 g/mol. The number of Topliss-reactive ketones (excluding diaryl/α,β-unsaturated/α-hetero) is 1. The Labute approximate surface area is 209 Å². The van der Waals surface area contributed by atoms with E-state index in [9.17, 15) is 14.7 Å². The first-order chi connectivity index (χ1) is 17.5. The van der Waals surface area contributed by atoms with E-state index in [4.69, 9.17) is 14.2 Å². The number of ether oxygens (including phenoxy) is 3. The molecule has 1 amide bonds. The van der Waals surface area contributed by atoms with Crippen molar-refractivity contribution in [2.75, 3.05) is 20.8 Å². The Morgan fingerprint density at radius 2 is 1.83 bits per heavy atom. The predicted molar refractivity (Wildman–Crippen MR) is 130 cm³/mol. The summed E-state index contributed by atoms with van der Waals surface area (Å²) in [5.74, 6) is -0.622. The third kappa shape index (κ3) is 4.79. The summed E-state index contributed by atoms with van der Waals surface area (Å²) in [7, 11) is 3.01. The van der Waals surface area contributed by atoms with Crippen molar-refractivity contribution in [3.63, 3.8) is 0 Å². The second-order valence-corrected chi connectivity index (χ2v) is 8.06. The first-order valence-corrected chi connectivity index (χ1v) is 11.3. The second kappa shape index (κ2) is 10.8. The van der Waals surface area contributed by atoms with Crippen LogP contribution in [-0.2, 0) is 16.1 Å². The summed E-state index contributed by atoms with van der Waals surface area (Å²) in [4.78, 5) is 30.8. The molecule has 184 valence electrons. The molecule has 3 aromatic rings. The minimum atomic E-state index is -0.908. The van der Waals surface area contributed by atoms with Gasteiger partial charge in [-0.1, -0.05) is 36.6 Å². The van der Waals surface area contributed by atoms with Gasteiger partial charge in [0.2, 0.25) is 5.78 Å². The Balaban J connectivity index is 1.83. The summed E-state index contributed by atoms with van der Waals surface area (Å²) >= 11 is 0. The molecule has 1 aliphatic heterocycles. The summed E-state index contributed by atoms with van der Waals surface area (Å²) in [5.41, 5.74) is 1.49. The summed E-state index contributed by atoms with van der Waals surface area (Å²) in [6.45, 7) is 4.07. The van der Waals surface area contributed by atoms with E-state index in [1.807, 2.05) is 6.07 Å². The maximum absolute atomic E-state index is 13.6. The highest BCUT2D eigenvalue weighted by atomic mass is 16.5. The van der Waals surface area contributed by atoms with E-state index in [1.54, 1.807) is 67.0 Å². The summed E-state index contributed by atoms with van der Waals surface area (Å²) in [5, 5.41) is 13.6. The fourth-order valence-electron chi connectivity index (χ4n) is 4.14. The number of hydrogen-bond acceptors (Lipinski definition) is 6. The van der Waals surface area contributed by atoms with E-state index >= 15 is 0 Å². The second-order valence-electron chi connectivity index (χ2n) is 8.06. The molecule has 1 aromatic heterocycles. The van der Waals surface area contributed by atoms with E-state index in [-0.39, 0.29) is 17.7 Å². The van der Waals surface area contributed by atoms with Crippen LogP contribution in [0.2, 0.25) is 0 Å². The van der Waals surface area contributed by atoms with Gasteiger partial charge >= 0.3 is 0 Å². The monoisotopic (exact) mass is 486 g/mol. The summed E-state index contributed by atoms with van der Waals surface area (Å²) < 4.78 is 16.2. The van der Waals surface area contributed by atoms with Crippen molar-refractivity contribution in [2.45, 2.75) is 12.6 Å². The van der Waals surface area contributed by atoms with Crippen LogP contribution in [-0.4, -0.2) is 37.4 Å². The average Bonchev–Trinajstić information content (AvgIpc) is 3.16. The van der Waals surface area contributed by atoms with Crippen LogP contribution in [0.1, 0.15) is 22.7 Å². The molecule has 1 atom stereocenters. The van der Waals surface area contributed by atoms with Gasteiger partial charge in [-0.2, -0.15) is 0 Å². The zero-order chi connectivity index (χ0) is 25.7. The summed E-state index contributed by atoms with van der Waals surface area (Å²) in [6.07, 6.45) is 5.10. The minimum absolute atomic E-state index is 0.119. The average molecular weight is 487 g/mol. The fraction of sp³-hybridized carbons (Fsp3) is 0.179. The van der Waals surface area contributed by atoms with Crippen LogP contribution < -0.4 is 24.3 Å². The van der Waals surface area contributed by atoms with Gasteiger partial charge in [-0.15, -0.1) is 0 Å². The lowest BCUT2D eigenvalue weighted by Gasteiger charge is -2.27. The summed E-state index contributed by atoms with van der Waals surface area (Å²) in [6, 6.07) is 14.2. The molecule has 0 bridgehead atoms. The van der Waals surface area contributed by atoms with Gasteiger partial charge in [-0.25, -0.2) is 4.98 Å². The molecule has 1 unspecified atom stereocenters. The molecule has 0 radical (unpaired) electrons. The van der Waals surface area contributed by atoms with Gasteiger partial charge in [-0.3, -0.25) is 9.59 Å². The Bertz CT molecular complexity index is 1300. The molecule has 1 aliphatic rings. The van der Waals surface area contributed by atoms with E-state index < -0.39 is 23.5 Å². The first-order valence-electron chi connectivity index (χ1n) is 11.3. The van der Waals surface area contributed by atoms with Crippen molar-refractivity contribution in [2.24, 2.45) is 0 Å². The number of hydrogen-bond donors (Lipinski definition) is 0. The number of carbonyl (C=O) groups excluding carboxylic acids is 2. The maximum atomic E-state index is 13.6. The number of rotatable bonds is 9. The van der Waals surface area contributed by atoms with Crippen molar-refractivity contribution < 1.29 is 33.9 Å². The van der Waals surface area contributed by atoms with Crippen molar-refractivity contribution in [3.05, 3.63) is 102 Å². The molecule has 36 heavy (non-hydrogen) atoms. The molecule has 1 N–H and O–H groups in total. The zero-order valence-corrected chi connectivity index (χ0v) is 20.0. The molecule has 1 saturated heterocycles. The number of ketones is 1. The van der Waals surface area contributed by atoms with Crippen LogP contribution in [0.25, 0.3) is 5.76 Å². The van der Waals surface area contributed by atoms with Gasteiger partial charge in [0, 0.05) is 17.2 Å². The SMILES string of the molecule is C=CCOc1ccc(/C([O-])=C2\C(=O)C(=O)N(Cc3ccc[nH+]c3)C2c2ccc(OC)c(OC)c2)cc1. The quantitative estimate of drug-likeness (QED) is 0.199. The van der Waals surface area contributed by atoms with Crippen LogP contribution in [0.3, 0.4) is 0 Å². The number of aromatic amines is 1. The van der Waals surface area contributed by atoms with Gasteiger partial charge in [0.05, 0.1) is 26.8 Å². The van der Waals surface area contributed by atoms with Crippen LogP contribution >= 0.6 is 0 Å². The Kier molecular flexibility index (Phi) is 7.34. The van der Waals surface area contributed by atoms with Gasteiger partial charge in [-0.05, 0) is 41.5 Å². The normalized spacial score (nSPS) is 16.6. The Hall–Kier alpha value is -4.59. The number of amides is 1. The number of methoxy groups -OCH3 is 2. The molecule has 0 spiro atoms. The fourth-order valence-corrected chi connectivity index (χ4v) is 4.14. The first kappa shape index (κ1) is 24.5. The molecule has 2 aromatic carbocycles. The van der Waals surface area contributed by atoms with E-state index in [0.717, 1.165) is 5.56 Å². The minimum Gasteiger partial charge on any atom is -0.872 e. The lowest BCUT2D eigenvalue weighted by Crippen LogP contribution is -2.29. The highest BCUT2D eigenvalue weighted by Crippen LogP contribution is 2.42. The number of nitrogens with zero attached hydrogens (tertiary/aromatic N) is 1. The smallest absolute Gasteiger partial charge is 0.295 e. The number of nitrogens with one attached hydrogen (secondary N) is 1. The largest absolute Gasteiger partial charge is 0.872 e. The van der Waals surface area contributed by atoms with Gasteiger partial charge in [0.15, 0.2) is 23.9 Å². The number of H-pyrrole nitrogens is 1. The Morgan fingerprint density at radius 3 is 2.47 bits per heavy atom. The lowest BCUT2D eigenvalue weighted by molar-refractivity contribution is -0.378. The van der Waals surface area contributed by atoms with Crippen LogP contribution in [0.5, 0.6) is 17.2 Å². The molecule has 2 heterocycles. The number of carbonyl (C=O) groups is 2. The standard InChI is InChI=1S/C28H26N2O6/c1-4-14-36-21-10-7-19(8-11-21)26(31)24-25(20-9-12-22(34-2)23(15-20)35-3)30(28(33)27(24)32)17-18-6-5-13-29-16-18/h4-13,15-16,25,31H,1,14,17H2,2-3H3/b26-24+. The molecule has 0 aliphatic carbocycles. The van der Waals surface area contributed by atoms with Crippen LogP contribution in [0.4, 0.5) is 0 Å². The molecule has 0 saturated carbocycles. The number of pyridine rings is 1. The third-order valence-electron chi connectivity index (χ3n) is 5.86. The lowest BCUT2D eigenvalue weighted by atomic mass is 9.94. The van der Waals surface area contributed by atoms with Gasteiger partial charge < -0.3 is 24.2 Å². The molecular formula is C28H26N2O6. The number of likely N-dealkylation sites (tertiary alicyclic amines) is 1. The highest BCUT2D eigenvalue weighted by Gasteiger charge is 2.44. The zero-order valence-electron chi connectivity index (χ0n) is 20.0. The Morgan fingerprint density at radius 1 is 1.08 bits per heavy atom. The highest BCUT2D eigenvalue weighted by molar-refractivity contribution is 6.46. The van der Waals surface area contributed by atoms with Crippen molar-refractivity contribution in [1.29, 1.82) is 0 Å². The molecule has 8 nitrogen and oxygen atoms in total. The van der Waals surface area contributed by atoms with Gasteiger partial charge in [0.25, 0.3) is 5.91 Å². The maximum Gasteiger partial charge on any atom is 0.295 e. The topological polar surface area (TPSA) is 102 Å². The third-order valence-corrected chi connectivity index (χ3v) is 5.86. The molecule has 8 heteroatoms. The van der Waals surface area contributed by atoms with Crippen molar-refractivity contribution in [3.8, 4) is 17.2 Å². The van der Waals surface area contributed by atoms with E-state index in [1.165, 1.54) is 19.1 Å². The number of aromatic nitrogens is 1. The van der Waals surface area contributed by atoms with Gasteiger partial charge in [0.1, 0.15) is 12.4 Å². The van der Waals surface area contributed by atoms with Crippen molar-refractivity contribution >= 4 is 17.4 Å². The van der Waals surface area contributed by atoms with E-state index in [2.05, 4.69) is 11.6 Å². The molecule has 4 rings (SSSR count). The predicted octanol–water partition coefficient (Wildman–Crippen LogP) is 2.51. The van der Waals surface area contributed by atoms with Crippen molar-refractivity contribution in [1.82, 2.24) is 4.90 Å². The van der Waals surface area contributed by atoms with Crippen LogP contribution in [0, 0.1) is 0 Å². The number of benzene rings is 2. The van der Waals surface area contributed by atoms with E-state index in [0.29, 0.717) is 29.4 Å². The van der Waals surface area contributed by atoms with Crippen LogP contribution in [0.15, 0.2) is 85.2 Å².